The number of aliphatic hydroxyl groups is 1. The van der Waals surface area contributed by atoms with E-state index in [-0.39, 0.29) is 12.6 Å². The van der Waals surface area contributed by atoms with Crippen LogP contribution in [0.2, 0.25) is 5.02 Å². The average Bonchev–Trinajstić information content (AvgIpc) is 2.38. The fourth-order valence-corrected chi connectivity index (χ4v) is 3.26. The Kier molecular flexibility index (Phi) is 4.54. The molecule has 1 aliphatic rings. The fourth-order valence-electron chi connectivity index (χ4n) is 2.92. The van der Waals surface area contributed by atoms with Crippen molar-refractivity contribution in [1.82, 2.24) is 0 Å². The van der Waals surface area contributed by atoms with Crippen molar-refractivity contribution in [3.05, 3.63) is 34.3 Å². The Labute approximate surface area is 121 Å². The first kappa shape index (κ1) is 14.8. The van der Waals surface area contributed by atoms with Crippen molar-refractivity contribution in [2.24, 2.45) is 11.1 Å². The van der Waals surface area contributed by atoms with Crippen LogP contribution in [0.3, 0.4) is 0 Å². The molecule has 19 heavy (non-hydrogen) atoms. The molecule has 1 aromatic rings. The zero-order chi connectivity index (χ0) is 14.0. The molecule has 1 aliphatic carbocycles. The van der Waals surface area contributed by atoms with E-state index in [0.717, 1.165) is 10.6 Å². The maximum Gasteiger partial charge on any atom is 0.0624 e. The highest BCUT2D eigenvalue weighted by molar-refractivity contribution is 6.31. The Morgan fingerprint density at radius 1 is 1.37 bits per heavy atom. The van der Waals surface area contributed by atoms with Crippen LogP contribution >= 0.6 is 11.6 Å². The van der Waals surface area contributed by atoms with Crippen molar-refractivity contribution in [2.75, 3.05) is 6.61 Å². The van der Waals surface area contributed by atoms with Gasteiger partial charge in [-0.3, -0.25) is 0 Å². The number of hydrogen-bond donors (Lipinski definition) is 2. The number of nitrogens with two attached hydrogens (primary N) is 1. The summed E-state index contributed by atoms with van der Waals surface area (Å²) in [5.74, 6) is 0.569. The van der Waals surface area contributed by atoms with Crippen molar-refractivity contribution < 1.29 is 5.11 Å². The number of hydrogen-bond acceptors (Lipinski definition) is 2. The molecule has 2 rings (SSSR count). The quantitative estimate of drug-likeness (QED) is 0.879. The molecular weight excluding hydrogens is 258 g/mol. The largest absolute Gasteiger partial charge is 0.394 e. The van der Waals surface area contributed by atoms with Crippen molar-refractivity contribution in [2.45, 2.75) is 51.5 Å². The predicted octanol–water partition coefficient (Wildman–Crippen LogP) is 4.02. The first-order chi connectivity index (χ1) is 8.93. The van der Waals surface area contributed by atoms with E-state index in [1.807, 2.05) is 12.1 Å². The Morgan fingerprint density at radius 2 is 2.00 bits per heavy atom. The van der Waals surface area contributed by atoms with Gasteiger partial charge in [0.25, 0.3) is 0 Å². The smallest absolute Gasteiger partial charge is 0.0624 e. The number of aliphatic hydroxyl groups excluding tert-OH is 1. The predicted molar refractivity (Wildman–Crippen MR) is 80.5 cm³/mol. The topological polar surface area (TPSA) is 46.2 Å². The first-order valence-electron chi connectivity index (χ1n) is 7.09. The summed E-state index contributed by atoms with van der Waals surface area (Å²) < 4.78 is 0. The van der Waals surface area contributed by atoms with Crippen molar-refractivity contribution in [1.29, 1.82) is 0 Å². The molecule has 0 radical (unpaired) electrons. The second kappa shape index (κ2) is 5.82. The summed E-state index contributed by atoms with van der Waals surface area (Å²) in [5.41, 5.74) is 8.44. The van der Waals surface area contributed by atoms with Crippen LogP contribution in [0.1, 0.15) is 62.6 Å². The molecule has 1 saturated carbocycles. The summed E-state index contributed by atoms with van der Waals surface area (Å²) in [7, 11) is 0. The van der Waals surface area contributed by atoms with E-state index in [9.17, 15) is 0 Å². The molecule has 1 fully saturated rings. The standard InChI is InChI=1S/C16H24ClNO/c1-16(2)7-5-11(6-8-16)13-4-3-12(9-14(13)17)15(18)10-19/h3-4,9,11,15,19H,5-8,10,18H2,1-2H3. The van der Waals surface area contributed by atoms with E-state index < -0.39 is 0 Å². The zero-order valence-corrected chi connectivity index (χ0v) is 12.6. The van der Waals surface area contributed by atoms with Crippen LogP contribution in [0.15, 0.2) is 18.2 Å². The minimum Gasteiger partial charge on any atom is -0.394 e. The van der Waals surface area contributed by atoms with Gasteiger partial charge in [-0.05, 0) is 54.2 Å². The normalized spacial score (nSPS) is 21.3. The lowest BCUT2D eigenvalue weighted by Crippen LogP contribution is -2.20. The summed E-state index contributed by atoms with van der Waals surface area (Å²) in [4.78, 5) is 0. The molecule has 106 valence electrons. The average molecular weight is 282 g/mol. The fraction of sp³-hybridized carbons (Fsp3) is 0.625. The Hall–Kier alpha value is -0.570. The van der Waals surface area contributed by atoms with E-state index in [1.165, 1.54) is 31.2 Å². The van der Waals surface area contributed by atoms with Gasteiger partial charge in [-0.2, -0.15) is 0 Å². The van der Waals surface area contributed by atoms with E-state index >= 15 is 0 Å². The third-order valence-electron chi connectivity index (χ3n) is 4.43. The summed E-state index contributed by atoms with van der Waals surface area (Å²) >= 11 is 6.40. The number of halogens is 1. The Bertz CT molecular complexity index is 434. The highest BCUT2D eigenvalue weighted by atomic mass is 35.5. The van der Waals surface area contributed by atoms with Gasteiger partial charge in [0.2, 0.25) is 0 Å². The van der Waals surface area contributed by atoms with E-state index in [0.29, 0.717) is 11.3 Å². The Morgan fingerprint density at radius 3 is 2.53 bits per heavy atom. The van der Waals surface area contributed by atoms with E-state index in [4.69, 9.17) is 22.4 Å². The van der Waals surface area contributed by atoms with Crippen LogP contribution in [-0.2, 0) is 0 Å². The summed E-state index contributed by atoms with van der Waals surface area (Å²) in [6.07, 6.45) is 4.92. The Balaban J connectivity index is 2.14. The molecular formula is C16H24ClNO. The molecule has 0 aromatic heterocycles. The lowest BCUT2D eigenvalue weighted by atomic mass is 9.71. The second-order valence-corrected chi connectivity index (χ2v) is 6.92. The molecule has 2 nitrogen and oxygen atoms in total. The maximum atomic E-state index is 9.09. The summed E-state index contributed by atoms with van der Waals surface area (Å²) in [6.45, 7) is 4.63. The minimum atomic E-state index is -0.336. The molecule has 1 atom stereocenters. The van der Waals surface area contributed by atoms with Crippen LogP contribution in [-0.4, -0.2) is 11.7 Å². The molecule has 1 aromatic carbocycles. The molecule has 3 heteroatoms. The molecule has 0 heterocycles. The van der Waals surface area contributed by atoms with Gasteiger partial charge in [-0.1, -0.05) is 37.6 Å². The maximum absolute atomic E-state index is 9.09. The highest BCUT2D eigenvalue weighted by Gasteiger charge is 2.28. The lowest BCUT2D eigenvalue weighted by Gasteiger charge is -2.35. The molecule has 0 bridgehead atoms. The van der Waals surface area contributed by atoms with Crippen molar-refractivity contribution in [3.8, 4) is 0 Å². The minimum absolute atomic E-state index is 0.0483. The third kappa shape index (κ3) is 3.50. The van der Waals surface area contributed by atoms with Crippen LogP contribution < -0.4 is 5.73 Å². The molecule has 0 spiro atoms. The zero-order valence-electron chi connectivity index (χ0n) is 11.8. The van der Waals surface area contributed by atoms with Crippen LogP contribution in [0.4, 0.5) is 0 Å². The van der Waals surface area contributed by atoms with Crippen LogP contribution in [0.5, 0.6) is 0 Å². The van der Waals surface area contributed by atoms with Gasteiger partial charge in [-0.25, -0.2) is 0 Å². The summed E-state index contributed by atoms with van der Waals surface area (Å²) in [5, 5.41) is 9.88. The van der Waals surface area contributed by atoms with Gasteiger partial charge >= 0.3 is 0 Å². The van der Waals surface area contributed by atoms with Gasteiger partial charge in [-0.15, -0.1) is 0 Å². The first-order valence-corrected chi connectivity index (χ1v) is 7.46. The van der Waals surface area contributed by atoms with E-state index in [1.54, 1.807) is 0 Å². The van der Waals surface area contributed by atoms with Gasteiger partial charge < -0.3 is 10.8 Å². The molecule has 0 amide bonds. The molecule has 3 N–H and O–H groups in total. The highest BCUT2D eigenvalue weighted by Crippen LogP contribution is 2.44. The van der Waals surface area contributed by atoms with Crippen LogP contribution in [0, 0.1) is 5.41 Å². The lowest BCUT2D eigenvalue weighted by molar-refractivity contribution is 0.224. The monoisotopic (exact) mass is 281 g/mol. The third-order valence-corrected chi connectivity index (χ3v) is 4.76. The second-order valence-electron chi connectivity index (χ2n) is 6.51. The molecule has 1 unspecified atom stereocenters. The summed E-state index contributed by atoms with van der Waals surface area (Å²) in [6, 6.07) is 5.67. The number of benzene rings is 1. The van der Waals surface area contributed by atoms with Crippen molar-refractivity contribution >= 4 is 11.6 Å². The van der Waals surface area contributed by atoms with Gasteiger partial charge in [0.05, 0.1) is 12.6 Å². The number of rotatable bonds is 3. The van der Waals surface area contributed by atoms with Gasteiger partial charge in [0, 0.05) is 5.02 Å². The molecule has 0 aliphatic heterocycles. The van der Waals surface area contributed by atoms with E-state index in [2.05, 4.69) is 19.9 Å². The SMILES string of the molecule is CC1(C)CCC(c2ccc(C(N)CO)cc2Cl)CC1. The molecule has 0 saturated heterocycles. The van der Waals surface area contributed by atoms with Crippen molar-refractivity contribution in [3.63, 3.8) is 0 Å². The van der Waals surface area contributed by atoms with Gasteiger partial charge in [0.15, 0.2) is 0 Å². The van der Waals surface area contributed by atoms with Gasteiger partial charge in [0.1, 0.15) is 0 Å². The van der Waals surface area contributed by atoms with Crippen LogP contribution in [0.25, 0.3) is 0 Å².